The molecule has 1 unspecified atom stereocenters. The van der Waals surface area contributed by atoms with Gasteiger partial charge in [-0.15, -0.1) is 0 Å². The van der Waals surface area contributed by atoms with Crippen LogP contribution in [0.4, 0.5) is 11.4 Å². The molecule has 0 radical (unpaired) electrons. The lowest BCUT2D eigenvalue weighted by atomic mass is 10.00. The van der Waals surface area contributed by atoms with E-state index in [2.05, 4.69) is 4.90 Å². The Morgan fingerprint density at radius 3 is 2.59 bits per heavy atom. The van der Waals surface area contributed by atoms with Crippen LogP contribution in [0.5, 0.6) is 0 Å². The van der Waals surface area contributed by atoms with E-state index >= 15 is 0 Å². The van der Waals surface area contributed by atoms with Gasteiger partial charge in [0.05, 0.1) is 12.2 Å². The molecule has 0 aromatic heterocycles. The first-order valence-electron chi connectivity index (χ1n) is 5.91. The zero-order chi connectivity index (χ0) is 12.5. The highest BCUT2D eigenvalue weighted by Gasteiger charge is 2.32. The van der Waals surface area contributed by atoms with Crippen LogP contribution >= 0.6 is 0 Å². The van der Waals surface area contributed by atoms with E-state index in [1.165, 1.54) is 0 Å². The van der Waals surface area contributed by atoms with Crippen LogP contribution in [0.2, 0.25) is 0 Å². The maximum absolute atomic E-state index is 9.98. The summed E-state index contributed by atoms with van der Waals surface area (Å²) in [4.78, 5) is 2.21. The summed E-state index contributed by atoms with van der Waals surface area (Å²) < 4.78 is 5.60. The van der Waals surface area contributed by atoms with E-state index in [9.17, 15) is 5.11 Å². The second-order valence-corrected chi connectivity index (χ2v) is 5.05. The van der Waals surface area contributed by atoms with Gasteiger partial charge in [-0.05, 0) is 38.1 Å². The van der Waals surface area contributed by atoms with Crippen LogP contribution in [0.15, 0.2) is 24.3 Å². The van der Waals surface area contributed by atoms with Gasteiger partial charge in [-0.25, -0.2) is 0 Å². The van der Waals surface area contributed by atoms with E-state index in [0.29, 0.717) is 13.2 Å². The van der Waals surface area contributed by atoms with Gasteiger partial charge in [0.15, 0.2) is 0 Å². The summed E-state index contributed by atoms with van der Waals surface area (Å²) in [5, 5.41) is 9.98. The number of morpholine rings is 1. The maximum Gasteiger partial charge on any atom is 0.103 e. The second-order valence-electron chi connectivity index (χ2n) is 5.05. The van der Waals surface area contributed by atoms with Gasteiger partial charge in [0.2, 0.25) is 0 Å². The molecule has 1 saturated heterocycles. The molecule has 3 N–H and O–H groups in total. The van der Waals surface area contributed by atoms with Crippen molar-refractivity contribution in [2.45, 2.75) is 25.6 Å². The van der Waals surface area contributed by atoms with E-state index in [0.717, 1.165) is 17.9 Å². The number of anilines is 2. The quantitative estimate of drug-likeness (QED) is 0.759. The van der Waals surface area contributed by atoms with Crippen LogP contribution in [0.25, 0.3) is 0 Å². The summed E-state index contributed by atoms with van der Waals surface area (Å²) in [6.45, 7) is 5.75. The number of aliphatic hydroxyl groups is 1. The van der Waals surface area contributed by atoms with Gasteiger partial charge in [0.25, 0.3) is 0 Å². The third-order valence-corrected chi connectivity index (χ3v) is 3.11. The molecule has 1 aromatic rings. The van der Waals surface area contributed by atoms with Crippen molar-refractivity contribution in [3.05, 3.63) is 24.3 Å². The number of nitrogens with two attached hydrogens (primary N) is 1. The smallest absolute Gasteiger partial charge is 0.103 e. The molecule has 1 atom stereocenters. The monoisotopic (exact) mass is 236 g/mol. The fourth-order valence-electron chi connectivity index (χ4n) is 2.00. The van der Waals surface area contributed by atoms with Gasteiger partial charge >= 0.3 is 0 Å². The van der Waals surface area contributed by atoms with Crippen molar-refractivity contribution in [1.29, 1.82) is 0 Å². The Labute approximate surface area is 102 Å². The van der Waals surface area contributed by atoms with Crippen LogP contribution in [-0.2, 0) is 4.74 Å². The molecule has 2 rings (SSSR count). The van der Waals surface area contributed by atoms with E-state index in [-0.39, 0.29) is 6.10 Å². The van der Waals surface area contributed by atoms with Crippen molar-refractivity contribution in [2.75, 3.05) is 30.3 Å². The summed E-state index contributed by atoms with van der Waals surface area (Å²) in [6, 6.07) is 7.79. The minimum Gasteiger partial charge on any atom is -0.399 e. The summed E-state index contributed by atoms with van der Waals surface area (Å²) >= 11 is 0. The minimum atomic E-state index is -0.813. The Bertz CT molecular complexity index is 370. The molecular formula is C13H20N2O2. The van der Waals surface area contributed by atoms with E-state index < -0.39 is 5.60 Å². The molecule has 1 aromatic carbocycles. The van der Waals surface area contributed by atoms with E-state index in [1.54, 1.807) is 13.8 Å². The van der Waals surface area contributed by atoms with Gasteiger partial charge in [-0.3, -0.25) is 0 Å². The first-order valence-corrected chi connectivity index (χ1v) is 5.91. The molecule has 1 aliphatic heterocycles. The van der Waals surface area contributed by atoms with Crippen LogP contribution in [0, 0.1) is 0 Å². The van der Waals surface area contributed by atoms with Crippen LogP contribution in [0.3, 0.4) is 0 Å². The Morgan fingerprint density at radius 1 is 1.35 bits per heavy atom. The molecule has 4 heteroatoms. The largest absolute Gasteiger partial charge is 0.399 e. The molecular weight excluding hydrogens is 216 g/mol. The Kier molecular flexibility index (Phi) is 3.26. The normalized spacial score (nSPS) is 21.6. The van der Waals surface area contributed by atoms with Crippen molar-refractivity contribution < 1.29 is 9.84 Å². The fourth-order valence-corrected chi connectivity index (χ4v) is 2.00. The van der Waals surface area contributed by atoms with Gasteiger partial charge < -0.3 is 20.5 Å². The number of hydrogen-bond acceptors (Lipinski definition) is 4. The predicted molar refractivity (Wildman–Crippen MR) is 69.1 cm³/mol. The number of rotatable bonds is 2. The summed E-state index contributed by atoms with van der Waals surface area (Å²) in [5.74, 6) is 0. The van der Waals surface area contributed by atoms with Crippen LogP contribution in [0.1, 0.15) is 13.8 Å². The average molecular weight is 236 g/mol. The standard InChI is InChI=1S/C13H20N2O2/c1-13(2,16)12-9-15(7-8-17-12)11-5-3-10(14)4-6-11/h3-6,12,16H,7-9,14H2,1-2H3. The highest BCUT2D eigenvalue weighted by molar-refractivity contribution is 5.53. The van der Waals surface area contributed by atoms with Crippen molar-refractivity contribution >= 4 is 11.4 Å². The number of hydrogen-bond donors (Lipinski definition) is 2. The predicted octanol–water partition coefficient (Wildman–Crippen LogP) is 1.24. The molecule has 1 fully saturated rings. The number of ether oxygens (including phenoxy) is 1. The maximum atomic E-state index is 9.98. The lowest BCUT2D eigenvalue weighted by Crippen LogP contribution is -2.52. The Hall–Kier alpha value is -1.26. The molecule has 1 aliphatic rings. The first-order chi connectivity index (χ1) is 7.97. The molecule has 4 nitrogen and oxygen atoms in total. The van der Waals surface area contributed by atoms with Crippen LogP contribution < -0.4 is 10.6 Å². The molecule has 17 heavy (non-hydrogen) atoms. The molecule has 94 valence electrons. The lowest BCUT2D eigenvalue weighted by molar-refractivity contribution is -0.0927. The van der Waals surface area contributed by atoms with E-state index in [1.807, 2.05) is 24.3 Å². The SMILES string of the molecule is CC(C)(O)C1CN(c2ccc(N)cc2)CCO1. The summed E-state index contributed by atoms with van der Waals surface area (Å²) in [7, 11) is 0. The molecule has 0 amide bonds. The van der Waals surface area contributed by atoms with Gasteiger partial charge in [0.1, 0.15) is 6.10 Å². The topological polar surface area (TPSA) is 58.7 Å². The van der Waals surface area contributed by atoms with Gasteiger partial charge in [-0.1, -0.05) is 0 Å². The lowest BCUT2D eigenvalue weighted by Gasteiger charge is -2.39. The van der Waals surface area contributed by atoms with Gasteiger partial charge in [-0.2, -0.15) is 0 Å². The van der Waals surface area contributed by atoms with Crippen molar-refractivity contribution in [3.8, 4) is 0 Å². The third-order valence-electron chi connectivity index (χ3n) is 3.11. The van der Waals surface area contributed by atoms with Crippen molar-refractivity contribution in [3.63, 3.8) is 0 Å². The highest BCUT2D eigenvalue weighted by Crippen LogP contribution is 2.23. The fraction of sp³-hybridized carbons (Fsp3) is 0.538. The molecule has 1 heterocycles. The van der Waals surface area contributed by atoms with Crippen LogP contribution in [-0.4, -0.2) is 36.5 Å². The molecule has 0 saturated carbocycles. The summed E-state index contributed by atoms with van der Waals surface area (Å²) in [6.07, 6.45) is -0.159. The molecule has 0 bridgehead atoms. The summed E-state index contributed by atoms with van der Waals surface area (Å²) in [5.41, 5.74) is 6.74. The Balaban J connectivity index is 2.09. The molecule has 0 spiro atoms. The Morgan fingerprint density at radius 2 is 2.00 bits per heavy atom. The van der Waals surface area contributed by atoms with Gasteiger partial charge in [0, 0.05) is 24.5 Å². The van der Waals surface area contributed by atoms with E-state index in [4.69, 9.17) is 10.5 Å². The number of benzene rings is 1. The highest BCUT2D eigenvalue weighted by atomic mass is 16.5. The number of nitrogen functional groups attached to an aromatic ring is 1. The zero-order valence-electron chi connectivity index (χ0n) is 10.4. The third kappa shape index (κ3) is 2.90. The average Bonchev–Trinajstić information content (AvgIpc) is 2.29. The second kappa shape index (κ2) is 4.55. The molecule has 0 aliphatic carbocycles. The van der Waals surface area contributed by atoms with Crippen molar-refractivity contribution in [2.24, 2.45) is 0 Å². The number of nitrogens with zero attached hydrogens (tertiary/aromatic N) is 1. The zero-order valence-corrected chi connectivity index (χ0v) is 10.4. The van der Waals surface area contributed by atoms with Crippen molar-refractivity contribution in [1.82, 2.24) is 0 Å². The first kappa shape index (κ1) is 12.2. The minimum absolute atomic E-state index is 0.159.